The van der Waals surface area contributed by atoms with E-state index in [0.717, 1.165) is 52.8 Å². The van der Waals surface area contributed by atoms with Crippen molar-refractivity contribution in [2.75, 3.05) is 13.1 Å². The van der Waals surface area contributed by atoms with Gasteiger partial charge in [0.1, 0.15) is 6.04 Å². The van der Waals surface area contributed by atoms with Crippen LogP contribution in [-0.2, 0) is 16.0 Å². The Morgan fingerprint density at radius 1 is 0.880 bits per heavy atom. The fourth-order valence-corrected chi connectivity index (χ4v) is 8.07. The predicted octanol–water partition coefficient (Wildman–Crippen LogP) is 7.94. The molecule has 1 saturated carbocycles. The fraction of sp³-hybridized carbons (Fsp3) is 0.500. The van der Waals surface area contributed by atoms with Crippen molar-refractivity contribution in [3.05, 3.63) is 89.3 Å². The second-order valence-electron chi connectivity index (χ2n) is 15.1. The molecule has 8 heteroatoms. The molecule has 2 atom stereocenters. The third kappa shape index (κ3) is 8.51. The number of carboxylic acid groups (broad SMARTS) is 1. The topological polar surface area (TPSA) is 112 Å². The standard InChI is InChI=1S/C42H52N4O4/c1-4-5-28-6-10-31(11-7-28)32-16-18-33(19-17-32)36-23-43-39(44-24-36)34-12-8-29(9-13-34)22-38(41(48)46-25-37(26-46)42(49)50)45-40(47)35-20-14-30(15-21-35)27(2)3/h8-9,12-15,18,20-21,23-24,27-28,31-32,37-38H,4-7,10-11,16-17,19,22,25-26H2,1-3H3,(H,45,47)(H,49,50)/t28?,31?,32?,38-/m0/s1. The van der Waals surface area contributed by atoms with E-state index in [1.165, 1.54) is 55.4 Å². The van der Waals surface area contributed by atoms with Crippen molar-refractivity contribution < 1.29 is 19.5 Å². The number of nitrogens with zero attached hydrogens (tertiary/aromatic N) is 3. The highest BCUT2D eigenvalue weighted by atomic mass is 16.4. The second kappa shape index (κ2) is 16.1. The number of carbonyl (C=O) groups is 3. The molecule has 2 heterocycles. The number of benzene rings is 2. The van der Waals surface area contributed by atoms with Crippen LogP contribution in [0.1, 0.15) is 112 Å². The highest BCUT2D eigenvalue weighted by Crippen LogP contribution is 2.42. The molecule has 1 aliphatic heterocycles. The minimum Gasteiger partial charge on any atom is -0.481 e. The van der Waals surface area contributed by atoms with Crippen LogP contribution in [0.5, 0.6) is 0 Å². The summed E-state index contributed by atoms with van der Waals surface area (Å²) in [5.41, 5.74) is 5.80. The number of amides is 2. The lowest BCUT2D eigenvalue weighted by Crippen LogP contribution is -2.59. The zero-order chi connectivity index (χ0) is 35.2. The largest absolute Gasteiger partial charge is 0.481 e. The van der Waals surface area contributed by atoms with Gasteiger partial charge in [-0.15, -0.1) is 0 Å². The van der Waals surface area contributed by atoms with Crippen molar-refractivity contribution in [2.45, 2.75) is 96.9 Å². The normalized spacial score (nSPS) is 21.6. The van der Waals surface area contributed by atoms with Gasteiger partial charge in [0, 0.05) is 48.6 Å². The zero-order valence-electron chi connectivity index (χ0n) is 29.8. The summed E-state index contributed by atoms with van der Waals surface area (Å²) >= 11 is 0. The van der Waals surface area contributed by atoms with Gasteiger partial charge >= 0.3 is 5.97 Å². The van der Waals surface area contributed by atoms with Crippen LogP contribution in [0, 0.1) is 23.7 Å². The number of hydrogen-bond donors (Lipinski definition) is 2. The Balaban J connectivity index is 1.08. The molecule has 264 valence electrons. The average Bonchev–Trinajstić information content (AvgIpc) is 3.11. The van der Waals surface area contributed by atoms with E-state index in [9.17, 15) is 19.5 Å². The molecule has 2 amide bonds. The van der Waals surface area contributed by atoms with Crippen LogP contribution in [0.15, 0.2) is 67.0 Å². The van der Waals surface area contributed by atoms with E-state index in [2.05, 4.69) is 32.2 Å². The van der Waals surface area contributed by atoms with E-state index in [4.69, 9.17) is 9.97 Å². The van der Waals surface area contributed by atoms with Crippen molar-refractivity contribution in [3.8, 4) is 11.4 Å². The van der Waals surface area contributed by atoms with E-state index in [0.29, 0.717) is 17.3 Å². The highest BCUT2D eigenvalue weighted by molar-refractivity contribution is 5.98. The first-order chi connectivity index (χ1) is 24.2. The lowest BCUT2D eigenvalue weighted by Gasteiger charge is -2.39. The van der Waals surface area contributed by atoms with E-state index in [-0.39, 0.29) is 31.3 Å². The van der Waals surface area contributed by atoms with Gasteiger partial charge in [0.2, 0.25) is 5.91 Å². The number of likely N-dealkylation sites (tertiary alicyclic amines) is 1. The van der Waals surface area contributed by atoms with E-state index >= 15 is 0 Å². The smallest absolute Gasteiger partial charge is 0.310 e. The highest BCUT2D eigenvalue weighted by Gasteiger charge is 2.39. The van der Waals surface area contributed by atoms with E-state index in [1.807, 2.05) is 48.8 Å². The van der Waals surface area contributed by atoms with E-state index in [1.54, 1.807) is 12.1 Å². The van der Waals surface area contributed by atoms with Crippen LogP contribution < -0.4 is 5.32 Å². The molecular weight excluding hydrogens is 624 g/mol. The SMILES string of the molecule is CCCC1CCC(C2CC=C(c3cnc(-c4ccc(C[C@H](NC(=O)c5ccc(C(C)C)cc5)C(=O)N5CC(C(=O)O)C5)cc4)nc3)CC2)CC1. The summed E-state index contributed by atoms with van der Waals surface area (Å²) in [7, 11) is 0. The monoisotopic (exact) mass is 676 g/mol. The van der Waals surface area contributed by atoms with Gasteiger partial charge < -0.3 is 15.3 Å². The maximum atomic E-state index is 13.5. The summed E-state index contributed by atoms with van der Waals surface area (Å²) in [6.07, 6.45) is 18.4. The molecule has 2 aliphatic carbocycles. The third-order valence-electron chi connectivity index (χ3n) is 11.4. The fourth-order valence-electron chi connectivity index (χ4n) is 8.07. The van der Waals surface area contributed by atoms with Crippen molar-refractivity contribution >= 4 is 23.4 Å². The Labute approximate surface area is 296 Å². The zero-order valence-corrected chi connectivity index (χ0v) is 29.8. The van der Waals surface area contributed by atoms with Gasteiger partial charge in [-0.1, -0.05) is 88.9 Å². The molecule has 0 bridgehead atoms. The van der Waals surface area contributed by atoms with Crippen LogP contribution in [0.3, 0.4) is 0 Å². The number of aliphatic carboxylic acids is 1. The maximum Gasteiger partial charge on any atom is 0.310 e. The Morgan fingerprint density at radius 2 is 1.56 bits per heavy atom. The predicted molar refractivity (Wildman–Crippen MR) is 196 cm³/mol. The van der Waals surface area contributed by atoms with Crippen molar-refractivity contribution in [2.24, 2.45) is 23.7 Å². The Kier molecular flexibility index (Phi) is 11.5. The van der Waals surface area contributed by atoms with Crippen LogP contribution in [0.2, 0.25) is 0 Å². The summed E-state index contributed by atoms with van der Waals surface area (Å²) in [6, 6.07) is 14.3. The molecule has 6 rings (SSSR count). The minimum absolute atomic E-state index is 0.146. The first kappa shape index (κ1) is 35.5. The van der Waals surface area contributed by atoms with Crippen LogP contribution in [0.25, 0.3) is 17.0 Å². The summed E-state index contributed by atoms with van der Waals surface area (Å²) in [5, 5.41) is 12.2. The summed E-state index contributed by atoms with van der Waals surface area (Å²) in [4.78, 5) is 49.0. The Bertz CT molecular complexity index is 1650. The van der Waals surface area contributed by atoms with Crippen LogP contribution >= 0.6 is 0 Å². The number of rotatable bonds is 12. The molecule has 8 nitrogen and oxygen atoms in total. The van der Waals surface area contributed by atoms with Crippen molar-refractivity contribution in [1.82, 2.24) is 20.2 Å². The van der Waals surface area contributed by atoms with Gasteiger partial charge in [-0.05, 0) is 84.6 Å². The molecule has 2 aromatic carbocycles. The van der Waals surface area contributed by atoms with Gasteiger partial charge in [0.15, 0.2) is 5.82 Å². The average molecular weight is 677 g/mol. The van der Waals surface area contributed by atoms with Gasteiger partial charge in [-0.2, -0.15) is 0 Å². The second-order valence-corrected chi connectivity index (χ2v) is 15.1. The number of aromatic nitrogens is 2. The van der Waals surface area contributed by atoms with E-state index < -0.39 is 17.9 Å². The molecule has 2 fully saturated rings. The quantitative estimate of drug-likeness (QED) is 0.201. The van der Waals surface area contributed by atoms with Gasteiger partial charge in [0.25, 0.3) is 5.91 Å². The Morgan fingerprint density at radius 3 is 2.14 bits per heavy atom. The molecule has 0 radical (unpaired) electrons. The van der Waals surface area contributed by atoms with Crippen molar-refractivity contribution in [3.63, 3.8) is 0 Å². The maximum absolute atomic E-state index is 13.5. The summed E-state index contributed by atoms with van der Waals surface area (Å²) in [5.74, 6) is 1.54. The number of carbonyl (C=O) groups excluding carboxylic acids is 2. The van der Waals surface area contributed by atoms with Crippen LogP contribution in [-0.4, -0.2) is 56.9 Å². The van der Waals surface area contributed by atoms with Crippen LogP contribution in [0.4, 0.5) is 0 Å². The molecular formula is C42H52N4O4. The summed E-state index contributed by atoms with van der Waals surface area (Å²) in [6.45, 7) is 6.79. The Hall–Kier alpha value is -4.33. The number of allylic oxidation sites excluding steroid dienone is 2. The number of carboxylic acids is 1. The minimum atomic E-state index is -0.912. The lowest BCUT2D eigenvalue weighted by molar-refractivity contribution is -0.153. The number of nitrogens with one attached hydrogen (secondary N) is 1. The van der Waals surface area contributed by atoms with Crippen molar-refractivity contribution in [1.29, 1.82) is 0 Å². The van der Waals surface area contributed by atoms with Gasteiger partial charge in [-0.25, -0.2) is 9.97 Å². The lowest BCUT2D eigenvalue weighted by atomic mass is 9.70. The first-order valence-corrected chi connectivity index (χ1v) is 18.7. The summed E-state index contributed by atoms with van der Waals surface area (Å²) < 4.78 is 0. The molecule has 1 saturated heterocycles. The molecule has 3 aromatic rings. The molecule has 2 N–H and O–H groups in total. The molecule has 50 heavy (non-hydrogen) atoms. The molecule has 0 spiro atoms. The molecule has 1 aromatic heterocycles. The van der Waals surface area contributed by atoms with Gasteiger partial charge in [-0.3, -0.25) is 14.4 Å². The van der Waals surface area contributed by atoms with Gasteiger partial charge in [0.05, 0.1) is 5.92 Å². The third-order valence-corrected chi connectivity index (χ3v) is 11.4. The number of hydrogen-bond acceptors (Lipinski definition) is 5. The molecule has 3 aliphatic rings. The first-order valence-electron chi connectivity index (χ1n) is 18.7. The molecule has 1 unspecified atom stereocenters.